The maximum Gasteiger partial charge on any atom is 0.340 e. The average molecular weight is 147 g/mol. The lowest BCUT2D eigenvalue weighted by atomic mass is 10.4. The number of halogens is 1. The van der Waals surface area contributed by atoms with Gasteiger partial charge in [-0.3, -0.25) is 0 Å². The lowest BCUT2D eigenvalue weighted by molar-refractivity contribution is -0.132. The lowest BCUT2D eigenvalue weighted by Gasteiger charge is -1.91. The van der Waals surface area contributed by atoms with Crippen molar-refractivity contribution in [2.45, 2.75) is 0 Å². The van der Waals surface area contributed by atoms with Crippen LogP contribution < -0.4 is 0 Å². The molecule has 0 aromatic heterocycles. The second kappa shape index (κ2) is 2.11. The Labute approximate surface area is 56.2 Å². The molecule has 1 rings (SSSR count). The third kappa shape index (κ3) is 1.05. The van der Waals surface area contributed by atoms with Gasteiger partial charge < -0.3 is 9.84 Å². The highest BCUT2D eigenvalue weighted by Crippen LogP contribution is 2.16. The van der Waals surface area contributed by atoms with Gasteiger partial charge in [0.15, 0.2) is 11.5 Å². The molecular formula is C5H3ClO3. The summed E-state index contributed by atoms with van der Waals surface area (Å²) >= 11 is 5.13. The summed E-state index contributed by atoms with van der Waals surface area (Å²) in [6, 6.07) is 0. The standard InChI is InChI=1S/C5H3ClO3/c6-2-4-3(7)1-5(8)9-4/h1-2,7H/b4-2-. The van der Waals surface area contributed by atoms with E-state index in [0.717, 1.165) is 11.6 Å². The Kier molecular flexibility index (Phi) is 1.44. The Morgan fingerprint density at radius 2 is 2.44 bits per heavy atom. The van der Waals surface area contributed by atoms with Gasteiger partial charge in [0.1, 0.15) is 0 Å². The van der Waals surface area contributed by atoms with Gasteiger partial charge in [-0.1, -0.05) is 11.6 Å². The molecule has 0 atom stereocenters. The van der Waals surface area contributed by atoms with Crippen molar-refractivity contribution in [1.29, 1.82) is 0 Å². The summed E-state index contributed by atoms with van der Waals surface area (Å²) in [5, 5.41) is 8.72. The average Bonchev–Trinajstić information content (AvgIpc) is 2.10. The molecule has 1 aliphatic heterocycles. The summed E-state index contributed by atoms with van der Waals surface area (Å²) in [4.78, 5) is 10.3. The van der Waals surface area contributed by atoms with Gasteiger partial charge in [0.2, 0.25) is 0 Å². The van der Waals surface area contributed by atoms with Crippen LogP contribution in [0.5, 0.6) is 0 Å². The maximum absolute atomic E-state index is 10.3. The first kappa shape index (κ1) is 6.16. The second-order valence-electron chi connectivity index (χ2n) is 1.42. The zero-order valence-corrected chi connectivity index (χ0v) is 5.05. The summed E-state index contributed by atoms with van der Waals surface area (Å²) < 4.78 is 4.37. The van der Waals surface area contributed by atoms with Crippen LogP contribution in [0.3, 0.4) is 0 Å². The van der Waals surface area contributed by atoms with Gasteiger partial charge in [-0.2, -0.15) is 0 Å². The molecule has 0 amide bonds. The molecule has 1 N–H and O–H groups in total. The van der Waals surface area contributed by atoms with Gasteiger partial charge in [0, 0.05) is 0 Å². The first-order chi connectivity index (χ1) is 4.24. The largest absolute Gasteiger partial charge is 0.504 e. The van der Waals surface area contributed by atoms with E-state index in [1.54, 1.807) is 0 Å². The van der Waals surface area contributed by atoms with E-state index >= 15 is 0 Å². The highest BCUT2D eigenvalue weighted by Gasteiger charge is 2.17. The van der Waals surface area contributed by atoms with Crippen LogP contribution in [0.15, 0.2) is 23.1 Å². The number of hydrogen-bond donors (Lipinski definition) is 1. The summed E-state index contributed by atoms with van der Waals surface area (Å²) in [6.45, 7) is 0. The monoisotopic (exact) mass is 146 g/mol. The predicted molar refractivity (Wildman–Crippen MR) is 30.7 cm³/mol. The molecule has 0 saturated heterocycles. The zero-order chi connectivity index (χ0) is 6.85. The molecule has 0 bridgehead atoms. The Hall–Kier alpha value is -0.960. The minimum absolute atomic E-state index is 0.00154. The molecule has 1 aliphatic rings. The molecule has 0 fully saturated rings. The molecular weight excluding hydrogens is 144 g/mol. The molecule has 0 aromatic rings. The summed E-state index contributed by atoms with van der Waals surface area (Å²) in [5.74, 6) is -0.823. The van der Waals surface area contributed by atoms with Crippen molar-refractivity contribution in [2.24, 2.45) is 0 Å². The van der Waals surface area contributed by atoms with Gasteiger partial charge in [-0.25, -0.2) is 4.79 Å². The first-order valence-corrected chi connectivity index (χ1v) is 2.61. The van der Waals surface area contributed by atoms with E-state index in [-0.39, 0.29) is 11.5 Å². The van der Waals surface area contributed by atoms with E-state index in [2.05, 4.69) is 4.74 Å². The van der Waals surface area contributed by atoms with Crippen LogP contribution in [0.1, 0.15) is 0 Å². The Morgan fingerprint density at radius 1 is 1.78 bits per heavy atom. The van der Waals surface area contributed by atoms with Gasteiger partial charge in [-0.15, -0.1) is 0 Å². The van der Waals surface area contributed by atoms with Crippen LogP contribution in [0.25, 0.3) is 0 Å². The highest BCUT2D eigenvalue weighted by atomic mass is 35.5. The second-order valence-corrected chi connectivity index (χ2v) is 1.64. The number of rotatable bonds is 0. The Balaban J connectivity index is 2.89. The fourth-order valence-electron chi connectivity index (χ4n) is 0.451. The summed E-state index contributed by atoms with van der Waals surface area (Å²) in [6.07, 6.45) is 0.953. The van der Waals surface area contributed by atoms with Gasteiger partial charge in [0.05, 0.1) is 11.6 Å². The molecule has 9 heavy (non-hydrogen) atoms. The third-order valence-corrected chi connectivity index (χ3v) is 1.01. The molecule has 0 aromatic carbocycles. The van der Waals surface area contributed by atoms with Crippen molar-refractivity contribution >= 4 is 17.6 Å². The quantitative estimate of drug-likeness (QED) is 0.520. The fraction of sp³-hybridized carbons (Fsp3) is 0. The fourth-order valence-corrected chi connectivity index (χ4v) is 0.607. The molecule has 0 aliphatic carbocycles. The number of hydrogen-bond acceptors (Lipinski definition) is 3. The van der Waals surface area contributed by atoms with E-state index in [1.807, 2.05) is 0 Å². The number of aliphatic hydroxyl groups is 1. The minimum Gasteiger partial charge on any atom is -0.504 e. The van der Waals surface area contributed by atoms with Crippen molar-refractivity contribution < 1.29 is 14.6 Å². The van der Waals surface area contributed by atoms with Crippen molar-refractivity contribution in [1.82, 2.24) is 0 Å². The molecule has 0 radical (unpaired) electrons. The van der Waals surface area contributed by atoms with Crippen LogP contribution in [0, 0.1) is 0 Å². The molecule has 4 heteroatoms. The zero-order valence-electron chi connectivity index (χ0n) is 4.30. The Morgan fingerprint density at radius 3 is 2.67 bits per heavy atom. The van der Waals surface area contributed by atoms with Crippen molar-refractivity contribution in [3.63, 3.8) is 0 Å². The summed E-state index contributed by atoms with van der Waals surface area (Å²) in [7, 11) is 0. The first-order valence-electron chi connectivity index (χ1n) is 2.17. The van der Waals surface area contributed by atoms with E-state index in [1.165, 1.54) is 0 Å². The topological polar surface area (TPSA) is 46.5 Å². The number of cyclic esters (lactones) is 1. The van der Waals surface area contributed by atoms with E-state index < -0.39 is 5.97 Å². The van der Waals surface area contributed by atoms with Crippen LogP contribution in [0.2, 0.25) is 0 Å². The van der Waals surface area contributed by atoms with Crippen LogP contribution in [-0.2, 0) is 9.53 Å². The SMILES string of the molecule is O=C1C=C(O)/C(=C/Cl)O1. The summed E-state index contributed by atoms with van der Waals surface area (Å²) in [5.41, 5.74) is 0.997. The Bertz CT molecular complexity index is 204. The van der Waals surface area contributed by atoms with E-state index in [4.69, 9.17) is 16.7 Å². The number of carbonyl (C=O) groups is 1. The number of carbonyl (C=O) groups excluding carboxylic acids is 1. The molecule has 1 heterocycles. The molecule has 0 saturated carbocycles. The van der Waals surface area contributed by atoms with E-state index in [9.17, 15) is 4.79 Å². The molecule has 48 valence electrons. The van der Waals surface area contributed by atoms with Crippen molar-refractivity contribution in [3.8, 4) is 0 Å². The molecule has 3 nitrogen and oxygen atoms in total. The van der Waals surface area contributed by atoms with Crippen LogP contribution >= 0.6 is 11.6 Å². The van der Waals surface area contributed by atoms with Crippen molar-refractivity contribution in [2.75, 3.05) is 0 Å². The normalized spacial score (nSPS) is 22.1. The highest BCUT2D eigenvalue weighted by molar-refractivity contribution is 6.26. The molecule has 0 spiro atoms. The number of esters is 1. The van der Waals surface area contributed by atoms with Gasteiger partial charge in [-0.05, 0) is 0 Å². The lowest BCUT2D eigenvalue weighted by Crippen LogP contribution is -1.89. The minimum atomic E-state index is -0.598. The maximum atomic E-state index is 10.3. The van der Waals surface area contributed by atoms with E-state index in [0.29, 0.717) is 0 Å². The number of aliphatic hydroxyl groups excluding tert-OH is 1. The van der Waals surface area contributed by atoms with Crippen LogP contribution in [0.4, 0.5) is 0 Å². The van der Waals surface area contributed by atoms with Crippen LogP contribution in [-0.4, -0.2) is 11.1 Å². The molecule has 0 unspecified atom stereocenters. The van der Waals surface area contributed by atoms with Gasteiger partial charge in [0.25, 0.3) is 0 Å². The smallest absolute Gasteiger partial charge is 0.340 e. The van der Waals surface area contributed by atoms with Crippen molar-refractivity contribution in [3.05, 3.63) is 23.1 Å². The van der Waals surface area contributed by atoms with Gasteiger partial charge >= 0.3 is 5.97 Å². The number of ether oxygens (including phenoxy) is 1. The third-order valence-electron chi connectivity index (χ3n) is 0.817. The predicted octanol–water partition coefficient (Wildman–Crippen LogP) is 1.07.